The lowest BCUT2D eigenvalue weighted by Gasteiger charge is -2.08. The molecular formula is C21H16N4O4. The van der Waals surface area contributed by atoms with Crippen LogP contribution >= 0.6 is 0 Å². The lowest BCUT2D eigenvalue weighted by atomic mass is 10.0. The van der Waals surface area contributed by atoms with E-state index in [0.717, 1.165) is 11.0 Å². The molecule has 5 rings (SSSR count). The summed E-state index contributed by atoms with van der Waals surface area (Å²) in [5.74, 6) is -0.826. The van der Waals surface area contributed by atoms with Crippen LogP contribution in [0, 0.1) is 0 Å². The summed E-state index contributed by atoms with van der Waals surface area (Å²) in [6.07, 6.45) is 5.57. The first kappa shape index (κ1) is 17.2. The number of carbonyl (C=O) groups is 3. The minimum absolute atomic E-state index is 0.0493. The molecule has 144 valence electrons. The number of carbonyl (C=O) groups excluding carboxylic acids is 3. The number of aromatic hydroxyl groups is 1. The zero-order valence-corrected chi connectivity index (χ0v) is 15.3. The number of amides is 2. The fraction of sp³-hybridized carbons (Fsp3) is 0.143. The smallest absolute Gasteiger partial charge is 0.259 e. The van der Waals surface area contributed by atoms with E-state index in [9.17, 15) is 19.5 Å². The molecule has 2 N–H and O–H groups in total. The van der Waals surface area contributed by atoms with Gasteiger partial charge in [0.25, 0.3) is 11.8 Å². The van der Waals surface area contributed by atoms with Gasteiger partial charge >= 0.3 is 0 Å². The van der Waals surface area contributed by atoms with Crippen molar-refractivity contribution in [1.29, 1.82) is 0 Å². The van der Waals surface area contributed by atoms with Crippen LogP contribution in [-0.2, 0) is 6.54 Å². The summed E-state index contributed by atoms with van der Waals surface area (Å²) >= 11 is 0. The van der Waals surface area contributed by atoms with Gasteiger partial charge in [-0.2, -0.15) is 0 Å². The number of hydrogen-bond donors (Lipinski definition) is 2. The van der Waals surface area contributed by atoms with E-state index in [-0.39, 0.29) is 11.7 Å². The number of aromatic nitrogens is 3. The number of benzene rings is 2. The van der Waals surface area contributed by atoms with Gasteiger partial charge in [0.05, 0.1) is 11.1 Å². The van der Waals surface area contributed by atoms with Gasteiger partial charge in [-0.3, -0.25) is 24.3 Å². The summed E-state index contributed by atoms with van der Waals surface area (Å²) in [7, 11) is 0. The number of hydrogen-bond acceptors (Lipinski definition) is 5. The molecule has 4 aromatic rings. The summed E-state index contributed by atoms with van der Waals surface area (Å²) in [4.78, 5) is 40.6. The predicted octanol–water partition coefficient (Wildman–Crippen LogP) is 2.70. The molecule has 0 radical (unpaired) electrons. The number of imidazole rings is 1. The Balaban J connectivity index is 1.60. The zero-order chi connectivity index (χ0) is 20.1. The second kappa shape index (κ2) is 6.30. The molecule has 8 heteroatoms. The normalized spacial score (nSPS) is 13.2. The maximum atomic E-state index is 12.4. The van der Waals surface area contributed by atoms with Crippen LogP contribution in [0.5, 0.6) is 5.75 Å². The first-order valence-electron chi connectivity index (χ1n) is 9.19. The highest BCUT2D eigenvalue weighted by Crippen LogP contribution is 2.36. The van der Waals surface area contributed by atoms with Crippen molar-refractivity contribution in [3.05, 3.63) is 60.2 Å². The molecular weight excluding hydrogens is 372 g/mol. The lowest BCUT2D eigenvalue weighted by Crippen LogP contribution is -2.19. The van der Waals surface area contributed by atoms with Crippen LogP contribution in [0.15, 0.2) is 49.1 Å². The van der Waals surface area contributed by atoms with E-state index in [0.29, 0.717) is 41.3 Å². The second-order valence-corrected chi connectivity index (χ2v) is 6.99. The third kappa shape index (κ3) is 2.60. The van der Waals surface area contributed by atoms with Gasteiger partial charge in [-0.25, -0.2) is 4.98 Å². The number of phenols is 1. The van der Waals surface area contributed by atoms with Crippen LogP contribution in [-0.4, -0.2) is 36.9 Å². The van der Waals surface area contributed by atoms with Gasteiger partial charge in [0.1, 0.15) is 12.1 Å². The summed E-state index contributed by atoms with van der Waals surface area (Å²) in [6, 6.07) is 8.41. The zero-order valence-electron chi connectivity index (χ0n) is 15.3. The Kier molecular flexibility index (Phi) is 3.73. The molecule has 1 aliphatic rings. The second-order valence-electron chi connectivity index (χ2n) is 6.99. The Labute approximate surface area is 164 Å². The van der Waals surface area contributed by atoms with E-state index in [2.05, 4.69) is 10.3 Å². The van der Waals surface area contributed by atoms with Crippen molar-refractivity contribution in [2.45, 2.75) is 19.4 Å². The largest absolute Gasteiger partial charge is 0.508 e. The lowest BCUT2D eigenvalue weighted by molar-refractivity contribution is 0.0874. The van der Waals surface area contributed by atoms with Crippen molar-refractivity contribution in [3.8, 4) is 5.75 Å². The number of aryl methyl sites for hydroxylation is 1. The van der Waals surface area contributed by atoms with E-state index < -0.39 is 11.8 Å². The van der Waals surface area contributed by atoms with Gasteiger partial charge in [-0.15, -0.1) is 0 Å². The number of phenolic OH excluding ortho intramolecular Hbond substituents is 1. The number of fused-ring (bicyclic) bond motifs is 5. The molecule has 1 aliphatic heterocycles. The highest BCUT2D eigenvalue weighted by atomic mass is 16.3. The number of nitrogens with zero attached hydrogens (tertiary/aromatic N) is 3. The molecule has 8 nitrogen and oxygen atoms in total. The van der Waals surface area contributed by atoms with Gasteiger partial charge in [0, 0.05) is 47.2 Å². The molecule has 0 atom stereocenters. The standard InChI is InChI=1S/C21H16N4O4/c26-12-3-5-15-14(10-12)18-16(6-4-13-19(18)21(29)23-20(13)28)25(15)8-1-2-17(27)24-9-7-22-11-24/h3-7,9-11,26H,1-2,8H2,(H,23,28,29). The third-order valence-corrected chi connectivity index (χ3v) is 5.28. The fourth-order valence-corrected chi connectivity index (χ4v) is 4.00. The van der Waals surface area contributed by atoms with Gasteiger partial charge in [0.15, 0.2) is 0 Å². The van der Waals surface area contributed by atoms with Crippen molar-refractivity contribution in [2.75, 3.05) is 0 Å². The number of rotatable bonds is 4. The van der Waals surface area contributed by atoms with E-state index in [1.54, 1.807) is 42.7 Å². The Hall–Kier alpha value is -3.94. The molecule has 2 amide bonds. The van der Waals surface area contributed by atoms with Crippen molar-refractivity contribution in [2.24, 2.45) is 0 Å². The molecule has 0 saturated heterocycles. The average molecular weight is 388 g/mol. The molecule has 0 unspecified atom stereocenters. The number of nitrogens with one attached hydrogen (secondary N) is 1. The maximum absolute atomic E-state index is 12.4. The van der Waals surface area contributed by atoms with Crippen LogP contribution < -0.4 is 5.32 Å². The van der Waals surface area contributed by atoms with E-state index in [4.69, 9.17) is 0 Å². The summed E-state index contributed by atoms with van der Waals surface area (Å²) in [5, 5.41) is 13.7. The highest BCUT2D eigenvalue weighted by molar-refractivity contribution is 6.30. The molecule has 2 aromatic carbocycles. The van der Waals surface area contributed by atoms with Crippen LogP contribution in [0.25, 0.3) is 21.8 Å². The quantitative estimate of drug-likeness (QED) is 0.523. The van der Waals surface area contributed by atoms with Gasteiger partial charge < -0.3 is 9.67 Å². The molecule has 2 aromatic heterocycles. The summed E-state index contributed by atoms with van der Waals surface area (Å²) < 4.78 is 3.47. The Bertz CT molecular complexity index is 1320. The molecule has 0 spiro atoms. The van der Waals surface area contributed by atoms with Gasteiger partial charge in [0.2, 0.25) is 5.91 Å². The van der Waals surface area contributed by atoms with Gasteiger partial charge in [-0.1, -0.05) is 0 Å². The number of imide groups is 1. The summed E-state index contributed by atoms with van der Waals surface area (Å²) in [5.41, 5.74) is 2.27. The topological polar surface area (TPSA) is 106 Å². The monoisotopic (exact) mass is 388 g/mol. The maximum Gasteiger partial charge on any atom is 0.259 e. The Morgan fingerprint density at radius 1 is 1.10 bits per heavy atom. The predicted molar refractivity (Wildman–Crippen MR) is 105 cm³/mol. The first-order valence-corrected chi connectivity index (χ1v) is 9.19. The van der Waals surface area contributed by atoms with E-state index in [1.807, 2.05) is 4.57 Å². The molecule has 0 aliphatic carbocycles. The van der Waals surface area contributed by atoms with Crippen LogP contribution in [0.1, 0.15) is 38.4 Å². The van der Waals surface area contributed by atoms with Crippen molar-refractivity contribution < 1.29 is 19.5 Å². The SMILES string of the molecule is O=C1NC(=O)c2c1ccc1c2c2cc(O)ccc2n1CCCC(=O)n1ccnc1. The van der Waals surface area contributed by atoms with E-state index in [1.165, 1.54) is 10.9 Å². The third-order valence-electron chi connectivity index (χ3n) is 5.28. The molecule has 0 saturated carbocycles. The van der Waals surface area contributed by atoms with Gasteiger partial charge in [-0.05, 0) is 36.8 Å². The Morgan fingerprint density at radius 2 is 1.93 bits per heavy atom. The van der Waals surface area contributed by atoms with Crippen molar-refractivity contribution >= 4 is 39.5 Å². The van der Waals surface area contributed by atoms with Crippen molar-refractivity contribution in [3.63, 3.8) is 0 Å². The molecule has 0 fully saturated rings. The molecule has 0 bridgehead atoms. The molecule has 3 heterocycles. The van der Waals surface area contributed by atoms with Crippen LogP contribution in [0.4, 0.5) is 0 Å². The first-order chi connectivity index (χ1) is 14.0. The average Bonchev–Trinajstić information content (AvgIpc) is 3.40. The minimum Gasteiger partial charge on any atom is -0.508 e. The van der Waals surface area contributed by atoms with E-state index >= 15 is 0 Å². The summed E-state index contributed by atoms with van der Waals surface area (Å²) in [6.45, 7) is 0.541. The van der Waals surface area contributed by atoms with Crippen molar-refractivity contribution in [1.82, 2.24) is 19.4 Å². The Morgan fingerprint density at radius 3 is 2.72 bits per heavy atom. The fourth-order valence-electron chi connectivity index (χ4n) is 4.00. The minimum atomic E-state index is -0.437. The van der Waals surface area contributed by atoms with Crippen LogP contribution in [0.3, 0.4) is 0 Å². The molecule has 29 heavy (non-hydrogen) atoms. The van der Waals surface area contributed by atoms with Crippen LogP contribution in [0.2, 0.25) is 0 Å². The highest BCUT2D eigenvalue weighted by Gasteiger charge is 2.31.